The highest BCUT2D eigenvalue weighted by Gasteiger charge is 2.17. The SMILES string of the molecule is NC(C(=O)Cc1cc(F)ccc1Br)c1ccccc1. The van der Waals surface area contributed by atoms with Crippen LogP contribution >= 0.6 is 15.9 Å². The fraction of sp³-hybridized carbons (Fsp3) is 0.133. The van der Waals surface area contributed by atoms with E-state index in [0.717, 1.165) is 5.56 Å². The minimum Gasteiger partial charge on any atom is -0.318 e. The van der Waals surface area contributed by atoms with Crippen molar-refractivity contribution in [2.24, 2.45) is 5.73 Å². The number of halogens is 2. The molecule has 2 aromatic carbocycles. The van der Waals surface area contributed by atoms with Crippen LogP contribution in [0.15, 0.2) is 53.0 Å². The van der Waals surface area contributed by atoms with Gasteiger partial charge in [-0.2, -0.15) is 0 Å². The average Bonchev–Trinajstić information content (AvgIpc) is 2.43. The Morgan fingerprint density at radius 3 is 2.58 bits per heavy atom. The maximum absolute atomic E-state index is 13.2. The first-order chi connectivity index (χ1) is 9.08. The molecule has 0 radical (unpaired) electrons. The van der Waals surface area contributed by atoms with Gasteiger partial charge in [-0.3, -0.25) is 4.79 Å². The molecule has 4 heteroatoms. The molecule has 0 aliphatic heterocycles. The zero-order valence-electron chi connectivity index (χ0n) is 10.1. The Balaban J connectivity index is 2.15. The number of ketones is 1. The zero-order chi connectivity index (χ0) is 13.8. The largest absolute Gasteiger partial charge is 0.318 e. The van der Waals surface area contributed by atoms with Crippen molar-refractivity contribution in [3.8, 4) is 0 Å². The molecular formula is C15H13BrFNO. The smallest absolute Gasteiger partial charge is 0.158 e. The van der Waals surface area contributed by atoms with Crippen LogP contribution in [0, 0.1) is 5.82 Å². The summed E-state index contributed by atoms with van der Waals surface area (Å²) in [7, 11) is 0. The Kier molecular flexibility index (Phi) is 4.45. The van der Waals surface area contributed by atoms with Crippen LogP contribution in [0.2, 0.25) is 0 Å². The predicted molar refractivity (Wildman–Crippen MR) is 76.2 cm³/mol. The summed E-state index contributed by atoms with van der Waals surface area (Å²) in [6.07, 6.45) is 0.106. The summed E-state index contributed by atoms with van der Waals surface area (Å²) in [4.78, 5) is 12.1. The molecule has 0 aromatic heterocycles. The number of carbonyl (C=O) groups excluding carboxylic acids is 1. The number of benzene rings is 2. The van der Waals surface area contributed by atoms with Crippen molar-refractivity contribution < 1.29 is 9.18 Å². The number of hydrogen-bond donors (Lipinski definition) is 1. The zero-order valence-corrected chi connectivity index (χ0v) is 11.7. The molecule has 2 aromatic rings. The molecular weight excluding hydrogens is 309 g/mol. The van der Waals surface area contributed by atoms with Crippen LogP contribution in [0.3, 0.4) is 0 Å². The second-order valence-corrected chi connectivity index (χ2v) is 5.12. The average molecular weight is 322 g/mol. The third-order valence-electron chi connectivity index (χ3n) is 2.88. The third kappa shape index (κ3) is 3.49. The molecule has 19 heavy (non-hydrogen) atoms. The van der Waals surface area contributed by atoms with Gasteiger partial charge in [-0.1, -0.05) is 46.3 Å². The van der Waals surface area contributed by atoms with Gasteiger partial charge in [-0.15, -0.1) is 0 Å². The summed E-state index contributed by atoms with van der Waals surface area (Å²) < 4.78 is 13.9. The van der Waals surface area contributed by atoms with Crippen LogP contribution in [0.4, 0.5) is 4.39 Å². The van der Waals surface area contributed by atoms with E-state index in [1.807, 2.05) is 30.3 Å². The fourth-order valence-corrected chi connectivity index (χ4v) is 2.21. The lowest BCUT2D eigenvalue weighted by Gasteiger charge is -2.11. The molecule has 0 aliphatic rings. The molecule has 2 nitrogen and oxygen atoms in total. The summed E-state index contributed by atoms with van der Waals surface area (Å²) in [6, 6.07) is 12.7. The van der Waals surface area contributed by atoms with Crippen LogP contribution in [0.25, 0.3) is 0 Å². The van der Waals surface area contributed by atoms with Gasteiger partial charge in [0.15, 0.2) is 5.78 Å². The summed E-state index contributed by atoms with van der Waals surface area (Å²) in [5, 5.41) is 0. The number of hydrogen-bond acceptors (Lipinski definition) is 2. The monoisotopic (exact) mass is 321 g/mol. The van der Waals surface area contributed by atoms with Gasteiger partial charge in [0.05, 0.1) is 6.04 Å². The lowest BCUT2D eigenvalue weighted by atomic mass is 9.98. The Morgan fingerprint density at radius 2 is 1.89 bits per heavy atom. The van der Waals surface area contributed by atoms with Crippen LogP contribution in [-0.2, 0) is 11.2 Å². The van der Waals surface area contributed by atoms with Gasteiger partial charge >= 0.3 is 0 Å². The maximum atomic E-state index is 13.2. The van der Waals surface area contributed by atoms with Gasteiger partial charge in [0.2, 0.25) is 0 Å². The van der Waals surface area contributed by atoms with Crippen molar-refractivity contribution in [2.45, 2.75) is 12.5 Å². The van der Waals surface area contributed by atoms with Crippen LogP contribution < -0.4 is 5.73 Å². The first-order valence-electron chi connectivity index (χ1n) is 5.85. The number of carbonyl (C=O) groups is 1. The van der Waals surface area contributed by atoms with Crippen LogP contribution in [0.1, 0.15) is 17.2 Å². The van der Waals surface area contributed by atoms with Gasteiger partial charge in [-0.05, 0) is 29.3 Å². The van der Waals surface area contributed by atoms with Crippen LogP contribution in [0.5, 0.6) is 0 Å². The molecule has 0 saturated carbocycles. The lowest BCUT2D eigenvalue weighted by molar-refractivity contribution is -0.119. The van der Waals surface area contributed by atoms with Crippen molar-refractivity contribution in [3.05, 3.63) is 69.9 Å². The van der Waals surface area contributed by atoms with Crippen molar-refractivity contribution in [1.82, 2.24) is 0 Å². The van der Waals surface area contributed by atoms with Crippen molar-refractivity contribution >= 4 is 21.7 Å². The summed E-state index contributed by atoms with van der Waals surface area (Å²) in [5.74, 6) is -0.503. The molecule has 2 N–H and O–H groups in total. The maximum Gasteiger partial charge on any atom is 0.158 e. The molecule has 0 amide bonds. The summed E-state index contributed by atoms with van der Waals surface area (Å²) in [6.45, 7) is 0. The normalized spacial score (nSPS) is 12.2. The Morgan fingerprint density at radius 1 is 1.21 bits per heavy atom. The molecule has 1 atom stereocenters. The van der Waals surface area contributed by atoms with E-state index >= 15 is 0 Å². The molecule has 0 spiro atoms. The number of Topliss-reactive ketones (excluding diaryl/α,β-unsaturated/α-hetero) is 1. The molecule has 0 aliphatic carbocycles. The second kappa shape index (κ2) is 6.08. The Labute approximate surface area is 119 Å². The highest BCUT2D eigenvalue weighted by Crippen LogP contribution is 2.21. The van der Waals surface area contributed by atoms with Crippen molar-refractivity contribution in [3.63, 3.8) is 0 Å². The van der Waals surface area contributed by atoms with E-state index in [4.69, 9.17) is 5.73 Å². The molecule has 1 unspecified atom stereocenters. The summed E-state index contributed by atoms with van der Waals surface area (Å²) in [5.41, 5.74) is 7.29. The number of rotatable bonds is 4. The van der Waals surface area contributed by atoms with E-state index < -0.39 is 6.04 Å². The molecule has 2 rings (SSSR count). The number of nitrogens with two attached hydrogens (primary N) is 1. The van der Waals surface area contributed by atoms with E-state index in [9.17, 15) is 9.18 Å². The molecule has 0 heterocycles. The third-order valence-corrected chi connectivity index (χ3v) is 3.65. The lowest BCUT2D eigenvalue weighted by Crippen LogP contribution is -2.23. The molecule has 0 fully saturated rings. The van der Waals surface area contributed by atoms with E-state index in [1.54, 1.807) is 6.07 Å². The second-order valence-electron chi connectivity index (χ2n) is 4.27. The van der Waals surface area contributed by atoms with Gasteiger partial charge in [0.1, 0.15) is 5.82 Å². The minimum absolute atomic E-state index is 0.106. The van der Waals surface area contributed by atoms with Crippen molar-refractivity contribution in [1.29, 1.82) is 0 Å². The standard InChI is InChI=1S/C15H13BrFNO/c16-13-7-6-12(17)8-11(13)9-14(19)15(18)10-4-2-1-3-5-10/h1-8,15H,9,18H2. The quantitative estimate of drug-likeness (QED) is 0.937. The van der Waals surface area contributed by atoms with Gasteiger partial charge in [0, 0.05) is 10.9 Å². The van der Waals surface area contributed by atoms with Crippen LogP contribution in [-0.4, -0.2) is 5.78 Å². The van der Waals surface area contributed by atoms with Crippen molar-refractivity contribution in [2.75, 3.05) is 0 Å². The van der Waals surface area contributed by atoms with E-state index in [2.05, 4.69) is 15.9 Å². The first-order valence-corrected chi connectivity index (χ1v) is 6.64. The minimum atomic E-state index is -0.684. The highest BCUT2D eigenvalue weighted by molar-refractivity contribution is 9.10. The van der Waals surface area contributed by atoms with Gasteiger partial charge in [-0.25, -0.2) is 4.39 Å². The Hall–Kier alpha value is -1.52. The molecule has 0 bridgehead atoms. The van der Waals surface area contributed by atoms with E-state index in [-0.39, 0.29) is 18.0 Å². The summed E-state index contributed by atoms with van der Waals surface area (Å²) >= 11 is 3.30. The van der Waals surface area contributed by atoms with Gasteiger partial charge in [0.25, 0.3) is 0 Å². The topological polar surface area (TPSA) is 43.1 Å². The first kappa shape index (κ1) is 13.9. The van der Waals surface area contributed by atoms with E-state index in [1.165, 1.54) is 12.1 Å². The molecule has 0 saturated heterocycles. The van der Waals surface area contributed by atoms with E-state index in [0.29, 0.717) is 10.0 Å². The Bertz CT molecular complexity index is 586. The molecule has 98 valence electrons. The fourth-order valence-electron chi connectivity index (χ4n) is 1.82. The highest BCUT2D eigenvalue weighted by atomic mass is 79.9. The predicted octanol–water partition coefficient (Wildman–Crippen LogP) is 3.40. The van der Waals surface area contributed by atoms with Gasteiger partial charge < -0.3 is 5.73 Å².